The van der Waals surface area contributed by atoms with Gasteiger partial charge in [-0.15, -0.1) is 0 Å². The van der Waals surface area contributed by atoms with Gasteiger partial charge in [0, 0.05) is 12.2 Å². The van der Waals surface area contributed by atoms with E-state index in [2.05, 4.69) is 31.9 Å². The van der Waals surface area contributed by atoms with E-state index < -0.39 is 25.7 Å². The van der Waals surface area contributed by atoms with Gasteiger partial charge in [-0.2, -0.15) is 8.42 Å². The van der Waals surface area contributed by atoms with Crippen LogP contribution in [-0.4, -0.2) is 38.8 Å². The lowest BCUT2D eigenvalue weighted by Gasteiger charge is -2.30. The summed E-state index contributed by atoms with van der Waals surface area (Å²) >= 11 is 5.48. The zero-order valence-corrected chi connectivity index (χ0v) is 11.0. The van der Waals surface area contributed by atoms with E-state index in [-0.39, 0.29) is 5.33 Å². The number of hydrogen-bond donors (Lipinski definition) is 1. The first-order chi connectivity index (χ1) is 6.74. The number of rotatable bonds is 3. The summed E-state index contributed by atoms with van der Waals surface area (Å²) < 4.78 is 28.9. The van der Waals surface area contributed by atoms with Gasteiger partial charge in [0.05, 0.1) is 5.33 Å². The van der Waals surface area contributed by atoms with Gasteiger partial charge in [-0.05, 0) is 15.9 Å². The molecule has 0 aromatic carbocycles. The summed E-state index contributed by atoms with van der Waals surface area (Å²) in [6.45, 7) is 0. The van der Waals surface area contributed by atoms with Crippen molar-refractivity contribution in [3.05, 3.63) is 12.2 Å². The smallest absolute Gasteiger partial charge is 0.283 e. The Hall–Kier alpha value is -0.250. The minimum Gasteiger partial charge on any atom is -0.283 e. The molecule has 0 aromatic heterocycles. The van der Waals surface area contributed by atoms with E-state index in [4.69, 9.17) is 4.55 Å². The van der Waals surface area contributed by atoms with Crippen LogP contribution in [0.4, 0.5) is 0 Å². The molecule has 1 heterocycles. The number of nitrogens with zero attached hydrogens (tertiary/aromatic N) is 1. The maximum Gasteiger partial charge on any atom is 0.301 e. The Bertz CT molecular complexity index is 426. The molecule has 0 bridgehead atoms. The predicted molar refractivity (Wildman–Crippen MR) is 58.0 cm³/mol. The molecular weight excluding hydrogens is 358 g/mol. The topological polar surface area (TPSA) is 91.8 Å². The molecule has 84 valence electrons. The summed E-state index contributed by atoms with van der Waals surface area (Å²) in [5, 5.41) is -0.349. The largest absolute Gasteiger partial charge is 0.301 e. The predicted octanol–water partition coefficient (Wildman–Crippen LogP) is 0.243. The number of carbonyl (C=O) groups excluding carboxylic acids is 2. The average Bonchev–Trinajstić information content (AvgIpc) is 2.43. The van der Waals surface area contributed by atoms with Crippen molar-refractivity contribution in [2.24, 2.45) is 0 Å². The second-order valence-corrected chi connectivity index (χ2v) is 6.67. The van der Waals surface area contributed by atoms with Crippen LogP contribution in [0.3, 0.4) is 0 Å². The maximum absolute atomic E-state index is 11.2. The molecule has 0 spiro atoms. The van der Waals surface area contributed by atoms with Gasteiger partial charge in [-0.25, -0.2) is 4.90 Å². The summed E-state index contributed by atoms with van der Waals surface area (Å²) in [6.07, 6.45) is 1.85. The highest BCUT2D eigenvalue weighted by atomic mass is 79.9. The second-order valence-electron chi connectivity index (χ2n) is 2.64. The number of amides is 2. The van der Waals surface area contributed by atoms with Crippen molar-refractivity contribution in [1.29, 1.82) is 0 Å². The molecule has 0 aliphatic carbocycles. The van der Waals surface area contributed by atoms with Crippen molar-refractivity contribution in [3.8, 4) is 0 Å². The zero-order valence-electron chi connectivity index (χ0n) is 7.05. The summed E-state index contributed by atoms with van der Waals surface area (Å²) in [5.41, 5.74) is 0. The standard InChI is InChI=1S/C6H5Br2NO5S/c7-3-6(8,15(12,13)14)9-4(10)1-2-5(9)11/h1-2H,3H2,(H,12,13,14). The molecule has 1 rings (SSSR count). The molecule has 15 heavy (non-hydrogen) atoms. The molecule has 0 aromatic rings. The highest BCUT2D eigenvalue weighted by Gasteiger charge is 2.51. The van der Waals surface area contributed by atoms with Crippen LogP contribution in [0.25, 0.3) is 0 Å². The molecule has 9 heteroatoms. The van der Waals surface area contributed by atoms with Crippen molar-refractivity contribution in [1.82, 2.24) is 4.90 Å². The summed E-state index contributed by atoms with van der Waals surface area (Å²) in [7, 11) is -4.65. The lowest BCUT2D eigenvalue weighted by Crippen LogP contribution is -2.53. The molecule has 1 N–H and O–H groups in total. The van der Waals surface area contributed by atoms with Gasteiger partial charge in [-0.1, -0.05) is 15.9 Å². The molecule has 1 unspecified atom stereocenters. The quantitative estimate of drug-likeness (QED) is 0.336. The third-order valence-corrected chi connectivity index (χ3v) is 6.62. The van der Waals surface area contributed by atoms with Crippen molar-refractivity contribution < 1.29 is 22.6 Å². The summed E-state index contributed by atoms with van der Waals surface area (Å²) in [5.74, 6) is -1.62. The molecule has 0 saturated carbocycles. The highest BCUT2D eigenvalue weighted by Crippen LogP contribution is 2.33. The molecule has 1 aliphatic heterocycles. The monoisotopic (exact) mass is 361 g/mol. The lowest BCUT2D eigenvalue weighted by molar-refractivity contribution is -0.138. The van der Waals surface area contributed by atoms with Crippen LogP contribution in [0.1, 0.15) is 0 Å². The Balaban J connectivity index is 3.26. The normalized spacial score (nSPS) is 20.9. The van der Waals surface area contributed by atoms with Crippen LogP contribution in [0.5, 0.6) is 0 Å². The number of imide groups is 1. The lowest BCUT2D eigenvalue weighted by atomic mass is 10.5. The van der Waals surface area contributed by atoms with E-state index in [1.165, 1.54) is 0 Å². The fraction of sp³-hybridized carbons (Fsp3) is 0.333. The molecule has 0 saturated heterocycles. The highest BCUT2D eigenvalue weighted by molar-refractivity contribution is 9.13. The molecule has 0 fully saturated rings. The average molecular weight is 363 g/mol. The van der Waals surface area contributed by atoms with Crippen LogP contribution in [0.2, 0.25) is 0 Å². The SMILES string of the molecule is O=C1C=CC(=O)N1C(Br)(CBr)S(=O)(=O)O. The Morgan fingerprint density at radius 1 is 1.33 bits per heavy atom. The van der Waals surface area contributed by atoms with Crippen molar-refractivity contribution in [2.75, 3.05) is 5.33 Å². The molecule has 1 atom stereocenters. The number of hydrogen-bond acceptors (Lipinski definition) is 4. The number of alkyl halides is 2. The maximum atomic E-state index is 11.2. The van der Waals surface area contributed by atoms with E-state index >= 15 is 0 Å². The van der Waals surface area contributed by atoms with Crippen LogP contribution in [0, 0.1) is 0 Å². The first kappa shape index (κ1) is 12.8. The summed E-state index contributed by atoms with van der Waals surface area (Å²) in [6, 6.07) is 0. The van der Waals surface area contributed by atoms with Crippen LogP contribution >= 0.6 is 31.9 Å². The molecule has 1 aliphatic rings. The number of carbonyl (C=O) groups is 2. The van der Waals surface area contributed by atoms with Gasteiger partial charge in [0.2, 0.25) is 3.78 Å². The molecular formula is C6H5Br2NO5S. The molecule has 6 nitrogen and oxygen atoms in total. The Morgan fingerprint density at radius 3 is 2.00 bits per heavy atom. The molecule has 0 radical (unpaired) electrons. The minimum atomic E-state index is -4.65. The van der Waals surface area contributed by atoms with E-state index in [0.29, 0.717) is 4.90 Å². The first-order valence-electron chi connectivity index (χ1n) is 3.52. The van der Waals surface area contributed by atoms with E-state index in [9.17, 15) is 18.0 Å². The summed E-state index contributed by atoms with van der Waals surface area (Å²) in [4.78, 5) is 22.9. The minimum absolute atomic E-state index is 0.349. The third-order valence-electron chi connectivity index (χ3n) is 1.70. The Morgan fingerprint density at radius 2 is 1.73 bits per heavy atom. The first-order valence-corrected chi connectivity index (χ1v) is 6.87. The van der Waals surface area contributed by atoms with E-state index in [0.717, 1.165) is 12.2 Å². The fourth-order valence-electron chi connectivity index (χ4n) is 0.973. The van der Waals surface area contributed by atoms with Gasteiger partial charge in [0.15, 0.2) is 0 Å². The zero-order chi connectivity index (χ0) is 11.9. The van der Waals surface area contributed by atoms with Crippen molar-refractivity contribution >= 4 is 53.8 Å². The Labute approximate surface area is 102 Å². The van der Waals surface area contributed by atoms with Crippen LogP contribution in [0.15, 0.2) is 12.2 Å². The van der Waals surface area contributed by atoms with Crippen LogP contribution in [-0.2, 0) is 19.7 Å². The van der Waals surface area contributed by atoms with Crippen molar-refractivity contribution in [3.63, 3.8) is 0 Å². The van der Waals surface area contributed by atoms with Crippen molar-refractivity contribution in [2.45, 2.75) is 3.78 Å². The Kier molecular flexibility index (Phi) is 3.39. The van der Waals surface area contributed by atoms with Gasteiger partial charge < -0.3 is 0 Å². The fourth-order valence-corrected chi connectivity index (χ4v) is 2.99. The van der Waals surface area contributed by atoms with E-state index in [1.54, 1.807) is 0 Å². The van der Waals surface area contributed by atoms with Gasteiger partial charge >= 0.3 is 10.1 Å². The number of halogens is 2. The van der Waals surface area contributed by atoms with Gasteiger partial charge in [0.1, 0.15) is 0 Å². The van der Waals surface area contributed by atoms with Crippen LogP contribution < -0.4 is 0 Å². The second kappa shape index (κ2) is 3.96. The third kappa shape index (κ3) is 2.01. The molecule has 2 amide bonds. The van der Waals surface area contributed by atoms with E-state index in [1.807, 2.05) is 0 Å². The van der Waals surface area contributed by atoms with Gasteiger partial charge in [0.25, 0.3) is 11.8 Å². The van der Waals surface area contributed by atoms with Gasteiger partial charge in [-0.3, -0.25) is 14.1 Å².